The highest BCUT2D eigenvalue weighted by Gasteiger charge is 2.11. The lowest BCUT2D eigenvalue weighted by atomic mass is 10.1. The third-order valence-corrected chi connectivity index (χ3v) is 3.60. The Morgan fingerprint density at radius 1 is 1.26 bits per heavy atom. The van der Waals surface area contributed by atoms with E-state index in [0.717, 1.165) is 15.7 Å². The maximum absolute atomic E-state index is 12.3. The summed E-state index contributed by atoms with van der Waals surface area (Å²) in [6.07, 6.45) is 1.63. The van der Waals surface area contributed by atoms with Crippen molar-refractivity contribution in [1.82, 2.24) is 5.43 Å². The number of hydrogen-bond donors (Lipinski definition) is 1. The van der Waals surface area contributed by atoms with Crippen molar-refractivity contribution < 1.29 is 9.53 Å². The summed E-state index contributed by atoms with van der Waals surface area (Å²) in [4.78, 5) is 12.3. The average molecular weight is 373 g/mol. The van der Waals surface area contributed by atoms with Gasteiger partial charge < -0.3 is 4.74 Å². The van der Waals surface area contributed by atoms with E-state index in [1.807, 2.05) is 37.3 Å². The van der Waals surface area contributed by atoms with Crippen LogP contribution < -0.4 is 10.2 Å². The number of ether oxygens (including phenoxy) is 1. The lowest BCUT2D eigenvalue weighted by molar-refractivity contribution is 0.0951. The van der Waals surface area contributed by atoms with Crippen LogP contribution in [0, 0.1) is 0 Å². The molecule has 23 heavy (non-hydrogen) atoms. The van der Waals surface area contributed by atoms with Gasteiger partial charge in [0.25, 0.3) is 5.91 Å². The third kappa shape index (κ3) is 4.79. The first-order valence-corrected chi connectivity index (χ1v) is 7.84. The van der Waals surface area contributed by atoms with E-state index >= 15 is 0 Å². The molecule has 2 aromatic rings. The molecule has 0 aliphatic carbocycles. The Morgan fingerprint density at radius 2 is 1.96 bits per heavy atom. The minimum atomic E-state index is -0.318. The summed E-state index contributed by atoms with van der Waals surface area (Å²) in [7, 11) is 0. The largest absolute Gasteiger partial charge is 0.489 e. The first-order valence-electron chi connectivity index (χ1n) is 7.05. The summed E-state index contributed by atoms with van der Waals surface area (Å²) in [5, 5.41) is 4.15. The maximum atomic E-state index is 12.3. The van der Waals surface area contributed by atoms with Gasteiger partial charge in [0.15, 0.2) is 0 Å². The number of amides is 1. The zero-order chi connectivity index (χ0) is 16.7. The molecule has 2 aromatic carbocycles. The predicted molar refractivity (Wildman–Crippen MR) is 96.0 cm³/mol. The summed E-state index contributed by atoms with van der Waals surface area (Å²) in [5.74, 6) is 0.183. The molecule has 1 N–H and O–H groups in total. The molecule has 0 radical (unpaired) electrons. The van der Waals surface area contributed by atoms with Crippen molar-refractivity contribution in [2.45, 2.75) is 6.92 Å². The maximum Gasteiger partial charge on any atom is 0.275 e. The van der Waals surface area contributed by atoms with Gasteiger partial charge in [-0.3, -0.25) is 4.79 Å². The molecule has 0 atom stereocenters. The molecule has 0 bridgehead atoms. The SMILES string of the molecule is C=CCOc1ccccc1C(=O)N/N=C(\C)c1ccc(Br)cc1. The Balaban J connectivity index is 2.11. The highest BCUT2D eigenvalue weighted by molar-refractivity contribution is 9.10. The smallest absolute Gasteiger partial charge is 0.275 e. The van der Waals surface area contributed by atoms with E-state index in [4.69, 9.17) is 4.74 Å². The van der Waals surface area contributed by atoms with Crippen molar-refractivity contribution in [3.8, 4) is 5.75 Å². The summed E-state index contributed by atoms with van der Waals surface area (Å²) in [5.41, 5.74) is 4.65. The van der Waals surface area contributed by atoms with Gasteiger partial charge in [-0.2, -0.15) is 5.10 Å². The molecule has 2 rings (SSSR count). The van der Waals surface area contributed by atoms with Gasteiger partial charge in [0.2, 0.25) is 0 Å². The van der Waals surface area contributed by atoms with Crippen LogP contribution in [0.15, 0.2) is 70.8 Å². The molecule has 0 heterocycles. The van der Waals surface area contributed by atoms with E-state index in [9.17, 15) is 4.79 Å². The van der Waals surface area contributed by atoms with Gasteiger partial charge in [0.05, 0.1) is 11.3 Å². The van der Waals surface area contributed by atoms with Gasteiger partial charge in [-0.25, -0.2) is 5.43 Å². The second-order valence-corrected chi connectivity index (χ2v) is 5.66. The van der Waals surface area contributed by atoms with Crippen LogP contribution in [0.25, 0.3) is 0 Å². The Labute approximate surface area is 144 Å². The second kappa shape index (κ2) is 8.29. The fraction of sp³-hybridized carbons (Fsp3) is 0.111. The molecule has 5 heteroatoms. The molecule has 0 spiro atoms. The molecule has 0 aliphatic rings. The molecule has 0 fully saturated rings. The van der Waals surface area contributed by atoms with E-state index in [2.05, 4.69) is 33.0 Å². The molecule has 4 nitrogen and oxygen atoms in total. The zero-order valence-corrected chi connectivity index (χ0v) is 14.3. The molecule has 1 amide bonds. The normalized spacial score (nSPS) is 11.0. The zero-order valence-electron chi connectivity index (χ0n) is 12.8. The number of benzene rings is 2. The van der Waals surface area contributed by atoms with E-state index in [-0.39, 0.29) is 5.91 Å². The first kappa shape index (κ1) is 17.0. The summed E-state index contributed by atoms with van der Waals surface area (Å²) >= 11 is 3.39. The van der Waals surface area contributed by atoms with Crippen LogP contribution in [0.4, 0.5) is 0 Å². The van der Waals surface area contributed by atoms with Gasteiger partial charge >= 0.3 is 0 Å². The highest BCUT2D eigenvalue weighted by atomic mass is 79.9. The minimum Gasteiger partial charge on any atom is -0.489 e. The number of carbonyl (C=O) groups is 1. The van der Waals surface area contributed by atoms with Crippen molar-refractivity contribution in [2.24, 2.45) is 5.10 Å². The predicted octanol–water partition coefficient (Wildman–Crippen LogP) is 4.17. The van der Waals surface area contributed by atoms with Crippen molar-refractivity contribution in [2.75, 3.05) is 6.61 Å². The highest BCUT2D eigenvalue weighted by Crippen LogP contribution is 2.18. The topological polar surface area (TPSA) is 50.7 Å². The number of rotatable bonds is 6. The van der Waals surface area contributed by atoms with Gasteiger partial charge in [0.1, 0.15) is 12.4 Å². The van der Waals surface area contributed by atoms with Crippen LogP contribution in [0.1, 0.15) is 22.8 Å². The standard InChI is InChI=1S/C18H17BrN2O2/c1-3-12-23-17-7-5-4-6-16(17)18(22)21-20-13(2)14-8-10-15(19)11-9-14/h3-11H,1,12H2,2H3,(H,21,22)/b20-13+. The van der Waals surface area contributed by atoms with E-state index in [1.165, 1.54) is 0 Å². The van der Waals surface area contributed by atoms with Crippen LogP contribution in [0.3, 0.4) is 0 Å². The minimum absolute atomic E-state index is 0.318. The van der Waals surface area contributed by atoms with Crippen molar-refractivity contribution in [3.63, 3.8) is 0 Å². The van der Waals surface area contributed by atoms with E-state index in [0.29, 0.717) is 17.9 Å². The lowest BCUT2D eigenvalue weighted by Gasteiger charge is -2.09. The quantitative estimate of drug-likeness (QED) is 0.470. The lowest BCUT2D eigenvalue weighted by Crippen LogP contribution is -2.20. The molecule has 0 saturated carbocycles. The molecule has 0 aliphatic heterocycles. The Kier molecular flexibility index (Phi) is 6.11. The summed E-state index contributed by atoms with van der Waals surface area (Å²) < 4.78 is 6.47. The molecule has 0 saturated heterocycles. The van der Waals surface area contributed by atoms with Gasteiger partial charge in [-0.15, -0.1) is 0 Å². The Bertz CT molecular complexity index is 724. The molecular weight excluding hydrogens is 356 g/mol. The number of halogens is 1. The van der Waals surface area contributed by atoms with Crippen molar-refractivity contribution >= 4 is 27.5 Å². The fourth-order valence-corrected chi connectivity index (χ4v) is 2.14. The van der Waals surface area contributed by atoms with E-state index < -0.39 is 0 Å². The first-order chi connectivity index (χ1) is 11.1. The number of nitrogens with zero attached hydrogens (tertiary/aromatic N) is 1. The summed E-state index contributed by atoms with van der Waals surface area (Å²) in [6, 6.07) is 14.7. The van der Waals surface area contributed by atoms with Crippen LogP contribution in [0.5, 0.6) is 5.75 Å². The number of nitrogens with one attached hydrogen (secondary N) is 1. The molecular formula is C18H17BrN2O2. The monoisotopic (exact) mass is 372 g/mol. The van der Waals surface area contributed by atoms with Crippen LogP contribution in [0.2, 0.25) is 0 Å². The van der Waals surface area contributed by atoms with Crippen LogP contribution in [-0.4, -0.2) is 18.2 Å². The van der Waals surface area contributed by atoms with E-state index in [1.54, 1.807) is 24.3 Å². The number of hydrazone groups is 1. The Morgan fingerprint density at radius 3 is 2.65 bits per heavy atom. The van der Waals surface area contributed by atoms with Crippen LogP contribution in [-0.2, 0) is 0 Å². The number of carbonyl (C=O) groups excluding carboxylic acids is 1. The molecule has 118 valence electrons. The third-order valence-electron chi connectivity index (χ3n) is 3.08. The summed E-state index contributed by atoms with van der Waals surface area (Å²) in [6.45, 7) is 5.77. The average Bonchev–Trinajstić information content (AvgIpc) is 2.58. The van der Waals surface area contributed by atoms with Gasteiger partial charge in [0, 0.05) is 4.47 Å². The number of para-hydroxylation sites is 1. The fourth-order valence-electron chi connectivity index (χ4n) is 1.88. The van der Waals surface area contributed by atoms with Crippen molar-refractivity contribution in [1.29, 1.82) is 0 Å². The second-order valence-electron chi connectivity index (χ2n) is 4.74. The molecule has 0 unspecified atom stereocenters. The van der Waals surface area contributed by atoms with Gasteiger partial charge in [-0.05, 0) is 36.8 Å². The van der Waals surface area contributed by atoms with Crippen molar-refractivity contribution in [3.05, 3.63) is 76.8 Å². The number of hydrogen-bond acceptors (Lipinski definition) is 3. The van der Waals surface area contributed by atoms with Crippen LogP contribution >= 0.6 is 15.9 Å². The molecule has 0 aromatic heterocycles. The Hall–Kier alpha value is -2.40. The van der Waals surface area contributed by atoms with Gasteiger partial charge in [-0.1, -0.05) is 52.9 Å².